The molecule has 0 amide bonds. The van der Waals surface area contributed by atoms with E-state index in [0.29, 0.717) is 37.7 Å². The first kappa shape index (κ1) is 18.1. The molecule has 0 aromatic rings. The van der Waals surface area contributed by atoms with Crippen LogP contribution in [0.5, 0.6) is 0 Å². The number of alkyl halides is 1. The lowest BCUT2D eigenvalue weighted by atomic mass is 9.84. The molecule has 2 fully saturated rings. The van der Waals surface area contributed by atoms with E-state index in [1.54, 1.807) is 0 Å². The van der Waals surface area contributed by atoms with Crippen LogP contribution in [0.15, 0.2) is 0 Å². The van der Waals surface area contributed by atoms with E-state index in [1.165, 1.54) is 12.8 Å². The standard InChI is InChI=1S/C9H15FO.C8H14O2/c1-2-3-7-4-5-9(11)8(10)6-7;1-2-3-7-4-5-8(9)10-6-7/h7-8H,2-6H2,1H3;7H,2-6H2,1H3. The lowest BCUT2D eigenvalue weighted by molar-refractivity contribution is -0.149. The average molecular weight is 300 g/mol. The molecule has 1 saturated heterocycles. The molecule has 2 aliphatic rings. The molecule has 0 radical (unpaired) electrons. The van der Waals surface area contributed by atoms with Gasteiger partial charge in [0, 0.05) is 12.8 Å². The van der Waals surface area contributed by atoms with Crippen molar-refractivity contribution in [2.45, 2.75) is 77.8 Å². The zero-order valence-corrected chi connectivity index (χ0v) is 13.4. The minimum Gasteiger partial charge on any atom is -0.465 e. The lowest BCUT2D eigenvalue weighted by Crippen LogP contribution is -2.25. The number of ketones is 1. The monoisotopic (exact) mass is 300 g/mol. The Balaban J connectivity index is 0.000000211. The molecule has 0 N–H and O–H groups in total. The van der Waals surface area contributed by atoms with Gasteiger partial charge in [-0.15, -0.1) is 0 Å². The molecular formula is C17H29FO3. The minimum absolute atomic E-state index is 0.0210. The predicted octanol–water partition coefficient (Wildman–Crippen LogP) is 4.23. The first-order valence-electron chi connectivity index (χ1n) is 8.39. The van der Waals surface area contributed by atoms with Crippen LogP contribution in [0.25, 0.3) is 0 Å². The summed E-state index contributed by atoms with van der Waals surface area (Å²) in [7, 11) is 0. The smallest absolute Gasteiger partial charge is 0.305 e. The minimum atomic E-state index is -1.15. The van der Waals surface area contributed by atoms with Crippen molar-refractivity contribution in [3.05, 3.63) is 0 Å². The third-order valence-corrected chi connectivity index (χ3v) is 4.32. The van der Waals surface area contributed by atoms with Gasteiger partial charge in [-0.3, -0.25) is 9.59 Å². The van der Waals surface area contributed by atoms with E-state index in [9.17, 15) is 14.0 Å². The van der Waals surface area contributed by atoms with Crippen LogP contribution in [-0.2, 0) is 14.3 Å². The van der Waals surface area contributed by atoms with Crippen molar-refractivity contribution in [1.82, 2.24) is 0 Å². The van der Waals surface area contributed by atoms with E-state index < -0.39 is 6.17 Å². The number of hydrogen-bond acceptors (Lipinski definition) is 3. The number of rotatable bonds is 4. The molecule has 3 nitrogen and oxygen atoms in total. The fourth-order valence-corrected chi connectivity index (χ4v) is 3.04. The highest BCUT2D eigenvalue weighted by atomic mass is 19.1. The summed E-state index contributed by atoms with van der Waals surface area (Å²) >= 11 is 0. The molecule has 4 heteroatoms. The topological polar surface area (TPSA) is 43.4 Å². The number of halogens is 1. The molecular weight excluding hydrogens is 271 g/mol. The molecule has 0 aromatic heterocycles. The summed E-state index contributed by atoms with van der Waals surface area (Å²) < 4.78 is 17.7. The number of esters is 1. The summed E-state index contributed by atoms with van der Waals surface area (Å²) in [6.45, 7) is 4.92. The second-order valence-corrected chi connectivity index (χ2v) is 6.24. The van der Waals surface area contributed by atoms with E-state index in [2.05, 4.69) is 13.8 Å². The van der Waals surface area contributed by atoms with Gasteiger partial charge in [-0.05, 0) is 37.5 Å². The van der Waals surface area contributed by atoms with Crippen molar-refractivity contribution in [1.29, 1.82) is 0 Å². The van der Waals surface area contributed by atoms with Gasteiger partial charge in [-0.2, -0.15) is 0 Å². The highest BCUT2D eigenvalue weighted by molar-refractivity contribution is 5.83. The molecule has 3 unspecified atom stereocenters. The molecule has 122 valence electrons. The van der Waals surface area contributed by atoms with Gasteiger partial charge in [-0.25, -0.2) is 4.39 Å². The lowest BCUT2D eigenvalue weighted by Gasteiger charge is -2.22. The largest absolute Gasteiger partial charge is 0.465 e. The van der Waals surface area contributed by atoms with Gasteiger partial charge in [0.1, 0.15) is 0 Å². The summed E-state index contributed by atoms with van der Waals surface area (Å²) in [5.41, 5.74) is 0. The Kier molecular flexibility index (Phi) is 8.55. The van der Waals surface area contributed by atoms with Crippen molar-refractivity contribution in [2.75, 3.05) is 6.61 Å². The van der Waals surface area contributed by atoms with Crippen LogP contribution >= 0.6 is 0 Å². The molecule has 1 saturated carbocycles. The van der Waals surface area contributed by atoms with Crippen LogP contribution in [0.1, 0.15) is 71.6 Å². The maximum atomic E-state index is 12.8. The number of carbonyl (C=O) groups is 2. The van der Waals surface area contributed by atoms with Gasteiger partial charge in [0.05, 0.1) is 6.61 Å². The SMILES string of the molecule is CCCC1CCC(=O)C(F)C1.CCCC1CCC(=O)OC1. The molecule has 1 aliphatic carbocycles. The van der Waals surface area contributed by atoms with Gasteiger partial charge in [-0.1, -0.05) is 33.1 Å². The Morgan fingerprint density at radius 1 is 1.05 bits per heavy atom. The van der Waals surface area contributed by atoms with Gasteiger partial charge >= 0.3 is 5.97 Å². The van der Waals surface area contributed by atoms with Crippen molar-refractivity contribution in [3.63, 3.8) is 0 Å². The predicted molar refractivity (Wildman–Crippen MR) is 80.7 cm³/mol. The van der Waals surface area contributed by atoms with Crippen molar-refractivity contribution < 1.29 is 18.7 Å². The first-order valence-corrected chi connectivity index (χ1v) is 8.39. The molecule has 0 aromatic carbocycles. The number of cyclic esters (lactones) is 1. The van der Waals surface area contributed by atoms with Crippen LogP contribution in [-0.4, -0.2) is 24.5 Å². The zero-order valence-electron chi connectivity index (χ0n) is 13.4. The van der Waals surface area contributed by atoms with Crippen LogP contribution in [0.3, 0.4) is 0 Å². The summed E-state index contributed by atoms with van der Waals surface area (Å²) in [6, 6.07) is 0. The average Bonchev–Trinajstić information content (AvgIpc) is 2.47. The van der Waals surface area contributed by atoms with E-state index in [4.69, 9.17) is 4.74 Å². The Morgan fingerprint density at radius 3 is 2.19 bits per heavy atom. The highest BCUT2D eigenvalue weighted by Gasteiger charge is 2.27. The van der Waals surface area contributed by atoms with Gasteiger partial charge in [0.15, 0.2) is 12.0 Å². The molecule has 0 bridgehead atoms. The van der Waals surface area contributed by atoms with Crippen molar-refractivity contribution in [3.8, 4) is 0 Å². The molecule has 21 heavy (non-hydrogen) atoms. The Labute approximate surface area is 127 Å². The van der Waals surface area contributed by atoms with Crippen molar-refractivity contribution in [2.24, 2.45) is 11.8 Å². The fraction of sp³-hybridized carbons (Fsp3) is 0.882. The Morgan fingerprint density at radius 2 is 1.67 bits per heavy atom. The summed E-state index contributed by atoms with van der Waals surface area (Å²) in [5.74, 6) is 0.903. The Bertz CT molecular complexity index is 320. The summed E-state index contributed by atoms with van der Waals surface area (Å²) in [4.78, 5) is 21.4. The summed E-state index contributed by atoms with van der Waals surface area (Å²) in [5, 5.41) is 0. The molecule has 0 spiro atoms. The maximum absolute atomic E-state index is 12.8. The molecule has 1 heterocycles. The quantitative estimate of drug-likeness (QED) is 0.730. The van der Waals surface area contributed by atoms with E-state index in [1.807, 2.05) is 0 Å². The summed E-state index contributed by atoms with van der Waals surface area (Å²) in [6.07, 6.45) is 6.94. The van der Waals surface area contributed by atoms with Crippen LogP contribution in [0.2, 0.25) is 0 Å². The zero-order chi connectivity index (χ0) is 15.7. The molecule has 3 atom stereocenters. The third kappa shape index (κ3) is 7.05. The first-order chi connectivity index (χ1) is 10.1. The normalized spacial score (nSPS) is 29.4. The highest BCUT2D eigenvalue weighted by Crippen LogP contribution is 2.27. The van der Waals surface area contributed by atoms with Gasteiger partial charge < -0.3 is 4.74 Å². The van der Waals surface area contributed by atoms with Crippen LogP contribution in [0.4, 0.5) is 4.39 Å². The van der Waals surface area contributed by atoms with Crippen LogP contribution in [0, 0.1) is 11.8 Å². The van der Waals surface area contributed by atoms with Crippen molar-refractivity contribution >= 4 is 11.8 Å². The molecule has 2 rings (SSSR count). The maximum Gasteiger partial charge on any atom is 0.305 e. The van der Waals surface area contributed by atoms with E-state index >= 15 is 0 Å². The molecule has 1 aliphatic heterocycles. The number of Topliss-reactive ketones (excluding diaryl/α,β-unsaturated/α-hetero) is 1. The third-order valence-electron chi connectivity index (χ3n) is 4.32. The van der Waals surface area contributed by atoms with Crippen LogP contribution < -0.4 is 0 Å². The number of ether oxygens (including phenoxy) is 1. The second kappa shape index (κ2) is 9.91. The number of carbonyl (C=O) groups excluding carboxylic acids is 2. The van der Waals surface area contributed by atoms with Gasteiger partial charge in [0.2, 0.25) is 0 Å². The van der Waals surface area contributed by atoms with Gasteiger partial charge in [0.25, 0.3) is 0 Å². The van der Waals surface area contributed by atoms with E-state index in [-0.39, 0.29) is 11.8 Å². The fourth-order valence-electron chi connectivity index (χ4n) is 3.04. The van der Waals surface area contributed by atoms with E-state index in [0.717, 1.165) is 25.7 Å². The number of hydrogen-bond donors (Lipinski definition) is 0. The Hall–Kier alpha value is -0.930. The second-order valence-electron chi connectivity index (χ2n) is 6.24.